The molecule has 3 N–H and O–H groups in total. The van der Waals surface area contributed by atoms with Crippen LogP contribution in [0.1, 0.15) is 50.7 Å². The van der Waals surface area contributed by atoms with Crippen molar-refractivity contribution in [3.63, 3.8) is 0 Å². The molecule has 2 aromatic rings. The Morgan fingerprint density at radius 2 is 1.87 bits per heavy atom. The van der Waals surface area contributed by atoms with E-state index in [0.717, 1.165) is 5.56 Å². The molecule has 0 unspecified atom stereocenters. The second-order valence-electron chi connectivity index (χ2n) is 12.9. The number of amides is 3. The van der Waals surface area contributed by atoms with Gasteiger partial charge in [-0.2, -0.15) is 0 Å². The molecule has 13 heteroatoms. The summed E-state index contributed by atoms with van der Waals surface area (Å²) in [4.78, 5) is 55.5. The summed E-state index contributed by atoms with van der Waals surface area (Å²) < 4.78 is 27.8. The van der Waals surface area contributed by atoms with Gasteiger partial charge in [-0.15, -0.1) is 0 Å². The number of rotatable bonds is 14. The predicted molar refractivity (Wildman–Crippen MR) is 177 cm³/mol. The highest BCUT2D eigenvalue weighted by atomic mass is 28.4. The Morgan fingerprint density at radius 1 is 1.17 bits per heavy atom. The first-order valence-electron chi connectivity index (χ1n) is 16.1. The summed E-state index contributed by atoms with van der Waals surface area (Å²) in [5.41, 5.74) is -0.207. The first kappa shape index (κ1) is 36.2. The largest absolute Gasteiger partial charge is 0.469 e. The smallest absolute Gasteiger partial charge is 0.305 e. The summed E-state index contributed by atoms with van der Waals surface area (Å²) in [6.07, 6.45) is -1.26. The van der Waals surface area contributed by atoms with E-state index >= 15 is 4.11 Å². The zero-order valence-electron chi connectivity index (χ0n) is 27.7. The number of benzene rings is 2. The van der Waals surface area contributed by atoms with Gasteiger partial charge >= 0.3 is 5.97 Å². The topological polar surface area (TPSA) is 146 Å². The van der Waals surface area contributed by atoms with Gasteiger partial charge in [0.15, 0.2) is 5.60 Å². The van der Waals surface area contributed by atoms with E-state index in [-0.39, 0.29) is 51.0 Å². The lowest BCUT2D eigenvalue weighted by Crippen LogP contribution is -2.45. The van der Waals surface area contributed by atoms with Crippen LogP contribution in [0.25, 0.3) is 0 Å². The number of aliphatic hydroxyl groups excluding tert-OH is 2. The zero-order valence-corrected chi connectivity index (χ0v) is 28.7. The third kappa shape index (κ3) is 7.74. The Bertz CT molecular complexity index is 1450. The van der Waals surface area contributed by atoms with Crippen molar-refractivity contribution in [2.45, 2.75) is 82.5 Å². The molecule has 11 nitrogen and oxygen atoms in total. The van der Waals surface area contributed by atoms with E-state index in [1.165, 1.54) is 18.9 Å². The van der Waals surface area contributed by atoms with Gasteiger partial charge in [0.2, 0.25) is 14.3 Å². The van der Waals surface area contributed by atoms with Crippen LogP contribution >= 0.6 is 0 Å². The molecule has 0 aromatic heterocycles. The molecule has 5 atom stereocenters. The molecular formula is C34H46FN3O8Si. The van der Waals surface area contributed by atoms with Crippen LogP contribution in [0.2, 0.25) is 18.6 Å². The molecule has 2 heterocycles. The second kappa shape index (κ2) is 15.1. The average molecular weight is 672 g/mol. The van der Waals surface area contributed by atoms with Gasteiger partial charge in [0.05, 0.1) is 31.9 Å². The summed E-state index contributed by atoms with van der Waals surface area (Å²) in [7, 11) is -2.27. The number of hydrogen-bond donors (Lipinski definition) is 3. The Morgan fingerprint density at radius 3 is 2.49 bits per heavy atom. The van der Waals surface area contributed by atoms with Crippen molar-refractivity contribution in [3.05, 3.63) is 59.7 Å². The molecule has 2 aliphatic rings. The van der Waals surface area contributed by atoms with E-state index < -0.39 is 49.5 Å². The lowest BCUT2D eigenvalue weighted by Gasteiger charge is -2.31. The van der Waals surface area contributed by atoms with Crippen molar-refractivity contribution in [2.75, 3.05) is 37.0 Å². The summed E-state index contributed by atoms with van der Waals surface area (Å²) in [6, 6.07) is 14.3. The number of methoxy groups -OCH3 is 1. The van der Waals surface area contributed by atoms with E-state index in [1.54, 1.807) is 43.1 Å². The van der Waals surface area contributed by atoms with Crippen molar-refractivity contribution >= 4 is 43.5 Å². The number of ether oxygens (including phenoxy) is 2. The lowest BCUT2D eigenvalue weighted by atomic mass is 9.82. The van der Waals surface area contributed by atoms with Gasteiger partial charge in [0, 0.05) is 48.8 Å². The van der Waals surface area contributed by atoms with Crippen LogP contribution in [-0.2, 0) is 40.8 Å². The molecule has 0 saturated carbocycles. The molecule has 256 valence electrons. The van der Waals surface area contributed by atoms with Crippen LogP contribution in [-0.4, -0.2) is 86.2 Å². The van der Waals surface area contributed by atoms with Gasteiger partial charge in [-0.05, 0) is 56.6 Å². The molecule has 1 fully saturated rings. The lowest BCUT2D eigenvalue weighted by molar-refractivity contribution is -0.149. The molecule has 1 saturated heterocycles. The number of hydrogen-bond acceptors (Lipinski definition) is 8. The molecule has 0 bridgehead atoms. The molecule has 1 spiro atoms. The summed E-state index contributed by atoms with van der Waals surface area (Å²) in [5, 5.41) is 22.2. The van der Waals surface area contributed by atoms with Gasteiger partial charge in [-0.25, -0.2) is 0 Å². The Balaban J connectivity index is 1.71. The van der Waals surface area contributed by atoms with Crippen LogP contribution in [0.5, 0.6) is 0 Å². The fourth-order valence-corrected chi connectivity index (χ4v) is 9.45. The Hall–Kier alpha value is -3.65. The number of anilines is 2. The standard InChI is InChI=1S/C34H46FN3O8Si/c1-22-31(47(4,5)35)28(20-29(41)37(17-18-39)21-24-11-7-6-8-12-24)46-34(22)26-19-25(36-32(43)23(2)40)14-15-27(26)38(33(34)44)16-10-9-13-30(42)45-3/h6-8,11-12,14-15,19,22-23,28,31,39-40H,9-10,13,16-18,20-21H2,1-5H3,(H,36,43)/t22-,23-,28+,31-,34+/m0/s1. The maximum Gasteiger partial charge on any atom is 0.305 e. The molecule has 4 rings (SSSR count). The van der Waals surface area contributed by atoms with E-state index in [4.69, 9.17) is 9.47 Å². The minimum atomic E-state index is -3.58. The Kier molecular flexibility index (Phi) is 11.6. The van der Waals surface area contributed by atoms with Crippen LogP contribution in [0, 0.1) is 5.92 Å². The summed E-state index contributed by atoms with van der Waals surface area (Å²) in [5.74, 6) is -2.39. The zero-order chi connectivity index (χ0) is 34.5. The maximum atomic E-state index is 16.3. The monoisotopic (exact) mass is 671 g/mol. The molecular weight excluding hydrogens is 625 g/mol. The van der Waals surface area contributed by atoms with Gasteiger partial charge in [0.25, 0.3) is 11.8 Å². The van der Waals surface area contributed by atoms with Crippen LogP contribution in [0.4, 0.5) is 15.5 Å². The van der Waals surface area contributed by atoms with E-state index in [9.17, 15) is 29.4 Å². The molecule has 47 heavy (non-hydrogen) atoms. The maximum absolute atomic E-state index is 16.3. The summed E-state index contributed by atoms with van der Waals surface area (Å²) >= 11 is 0. The predicted octanol–water partition coefficient (Wildman–Crippen LogP) is 3.88. The van der Waals surface area contributed by atoms with Gasteiger partial charge in [0.1, 0.15) is 6.10 Å². The van der Waals surface area contributed by atoms with Crippen LogP contribution in [0.15, 0.2) is 48.5 Å². The van der Waals surface area contributed by atoms with Crippen molar-refractivity contribution in [3.8, 4) is 0 Å². The third-order valence-corrected chi connectivity index (χ3v) is 11.6. The quantitative estimate of drug-likeness (QED) is 0.119. The van der Waals surface area contributed by atoms with E-state index in [2.05, 4.69) is 5.32 Å². The molecule has 0 radical (unpaired) electrons. The first-order valence-corrected chi connectivity index (χ1v) is 19.0. The molecule has 2 aliphatic heterocycles. The van der Waals surface area contributed by atoms with Crippen LogP contribution in [0.3, 0.4) is 0 Å². The fraction of sp³-hybridized carbons (Fsp3) is 0.529. The van der Waals surface area contributed by atoms with Crippen molar-refractivity contribution in [1.82, 2.24) is 4.90 Å². The second-order valence-corrected chi connectivity index (χ2v) is 16.7. The molecule has 2 aromatic carbocycles. The number of halogens is 1. The minimum Gasteiger partial charge on any atom is -0.469 e. The number of carbonyl (C=O) groups is 4. The number of carbonyl (C=O) groups excluding carboxylic acids is 4. The van der Waals surface area contributed by atoms with Crippen molar-refractivity contribution in [1.29, 1.82) is 0 Å². The highest BCUT2D eigenvalue weighted by Crippen LogP contribution is 2.60. The third-order valence-electron chi connectivity index (χ3n) is 9.16. The molecule has 3 amide bonds. The van der Waals surface area contributed by atoms with Gasteiger partial charge < -0.3 is 38.9 Å². The average Bonchev–Trinajstić information content (AvgIpc) is 3.45. The number of nitrogens with one attached hydrogen (secondary N) is 1. The first-order chi connectivity index (χ1) is 22.2. The van der Waals surface area contributed by atoms with Crippen LogP contribution < -0.4 is 10.2 Å². The Labute approximate surface area is 276 Å². The highest BCUT2D eigenvalue weighted by molar-refractivity contribution is 6.72. The number of aliphatic hydroxyl groups is 2. The van der Waals surface area contributed by atoms with Crippen molar-refractivity contribution in [2.24, 2.45) is 5.92 Å². The fourth-order valence-electron chi connectivity index (χ4n) is 6.95. The van der Waals surface area contributed by atoms with E-state index in [0.29, 0.717) is 29.8 Å². The summed E-state index contributed by atoms with van der Waals surface area (Å²) in [6.45, 7) is 6.55. The number of nitrogens with zero attached hydrogens (tertiary/aromatic N) is 2. The van der Waals surface area contributed by atoms with E-state index in [1.807, 2.05) is 30.3 Å². The number of esters is 1. The van der Waals surface area contributed by atoms with Crippen molar-refractivity contribution < 1.29 is 43.0 Å². The SMILES string of the molecule is COC(=O)CCCCN1C(=O)[C@]2(O[C@H](CC(=O)N(CCO)Cc3ccccc3)[C@@H]([Si](C)(C)F)[C@@H]2C)c2cc(NC(=O)[C@H](C)O)ccc21. The van der Waals surface area contributed by atoms with Gasteiger partial charge in [-0.3, -0.25) is 19.2 Å². The highest BCUT2D eigenvalue weighted by Gasteiger charge is 2.67. The molecule has 0 aliphatic carbocycles. The normalized spacial score (nSPS) is 22.7. The minimum absolute atomic E-state index is 0.0791. The van der Waals surface area contributed by atoms with Gasteiger partial charge in [-0.1, -0.05) is 37.3 Å². The number of unbranched alkanes of at least 4 members (excludes halogenated alkanes) is 1. The number of fused-ring (bicyclic) bond motifs is 2.